The molecule has 88 valence electrons. The van der Waals surface area contributed by atoms with E-state index < -0.39 is 0 Å². The maximum absolute atomic E-state index is 9.17. The van der Waals surface area contributed by atoms with E-state index in [4.69, 9.17) is 0 Å². The molecule has 0 aliphatic carbocycles. The zero-order chi connectivity index (χ0) is 11.7. The van der Waals surface area contributed by atoms with E-state index in [0.717, 1.165) is 12.9 Å². The van der Waals surface area contributed by atoms with Gasteiger partial charge in [-0.15, -0.1) is 0 Å². The van der Waals surface area contributed by atoms with Crippen LogP contribution in [0.1, 0.15) is 59.8 Å². The van der Waals surface area contributed by atoms with Gasteiger partial charge in [0.15, 0.2) is 0 Å². The quantitative estimate of drug-likeness (QED) is 0.502. The first-order valence-electron chi connectivity index (χ1n) is 5.67. The van der Waals surface area contributed by atoms with Crippen LogP contribution in [0.15, 0.2) is 0 Å². The van der Waals surface area contributed by atoms with Crippen LogP contribution >= 0.6 is 0 Å². The van der Waals surface area contributed by atoms with Crippen LogP contribution in [-0.4, -0.2) is 20.0 Å². The number of carbonyl (C=O) groups is 1. The predicted octanol–water partition coefficient (Wildman–Crippen LogP) is 3.83. The molecule has 14 heavy (non-hydrogen) atoms. The molecule has 0 spiro atoms. The topological polar surface area (TPSA) is 26.3 Å². The third-order valence-electron chi connectivity index (χ3n) is 1.41. The Morgan fingerprint density at radius 2 is 1.29 bits per heavy atom. The number of methoxy groups -OCH3 is 1. The van der Waals surface area contributed by atoms with E-state index in [1.807, 2.05) is 13.8 Å². The van der Waals surface area contributed by atoms with E-state index >= 15 is 0 Å². The highest BCUT2D eigenvalue weighted by atomic mass is 16.5. The molecule has 0 aromatic carbocycles. The van der Waals surface area contributed by atoms with Crippen LogP contribution in [0.25, 0.3) is 0 Å². The Hall–Kier alpha value is -0.370. The van der Waals surface area contributed by atoms with Crippen molar-refractivity contribution >= 4 is 6.29 Å². The summed E-state index contributed by atoms with van der Waals surface area (Å²) in [4.78, 5) is 9.17. The van der Waals surface area contributed by atoms with Crippen molar-refractivity contribution in [3.05, 3.63) is 0 Å². The molecule has 0 fully saturated rings. The first-order chi connectivity index (χ1) is 6.74. The molecule has 0 bridgehead atoms. The highest BCUT2D eigenvalue weighted by Crippen LogP contribution is 1.95. The number of carbonyl (C=O) groups excluding carboxylic acids is 1. The first-order valence-corrected chi connectivity index (χ1v) is 5.67. The van der Waals surface area contributed by atoms with Gasteiger partial charge in [-0.25, -0.2) is 0 Å². The van der Waals surface area contributed by atoms with Crippen molar-refractivity contribution in [2.45, 2.75) is 59.8 Å². The molecule has 2 heteroatoms. The lowest BCUT2D eigenvalue weighted by atomic mass is 10.2. The fraction of sp³-hybridized carbons (Fsp3) is 0.917. The van der Waals surface area contributed by atoms with Gasteiger partial charge in [-0.1, -0.05) is 46.5 Å². The van der Waals surface area contributed by atoms with Gasteiger partial charge in [0.25, 0.3) is 0 Å². The average Bonchev–Trinajstić information content (AvgIpc) is 2.27. The summed E-state index contributed by atoms with van der Waals surface area (Å²) in [5.74, 6) is 0. The van der Waals surface area contributed by atoms with E-state index in [-0.39, 0.29) is 0 Å². The second-order valence-electron chi connectivity index (χ2n) is 2.86. The van der Waals surface area contributed by atoms with Crippen molar-refractivity contribution in [3.63, 3.8) is 0 Å². The van der Waals surface area contributed by atoms with Gasteiger partial charge in [-0.05, 0) is 6.92 Å². The molecule has 0 heterocycles. The van der Waals surface area contributed by atoms with Gasteiger partial charge in [0.05, 0.1) is 0 Å². The lowest BCUT2D eigenvalue weighted by Crippen LogP contribution is -1.73. The summed E-state index contributed by atoms with van der Waals surface area (Å²) in [6.45, 7) is 9.05. The Kier molecular flexibility index (Phi) is 40.3. The highest BCUT2D eigenvalue weighted by molar-refractivity contribution is 5.48. The van der Waals surface area contributed by atoms with Gasteiger partial charge in [-0.3, -0.25) is 0 Å². The molecule has 0 aliphatic rings. The molecule has 0 saturated heterocycles. The van der Waals surface area contributed by atoms with Gasteiger partial charge in [-0.2, -0.15) is 0 Å². The Bertz CT molecular complexity index is 66.7. The van der Waals surface area contributed by atoms with E-state index in [2.05, 4.69) is 18.6 Å². The summed E-state index contributed by atoms with van der Waals surface area (Å²) in [6, 6.07) is 0. The largest absolute Gasteiger partial charge is 0.385 e. The van der Waals surface area contributed by atoms with Crippen LogP contribution in [0.4, 0.5) is 0 Å². The van der Waals surface area contributed by atoms with Crippen molar-refractivity contribution in [2.75, 3.05) is 13.7 Å². The summed E-state index contributed by atoms with van der Waals surface area (Å²) >= 11 is 0. The molecule has 0 aliphatic heterocycles. The number of aldehydes is 1. The van der Waals surface area contributed by atoms with E-state index in [9.17, 15) is 4.79 Å². The molecular formula is C12H28O2. The van der Waals surface area contributed by atoms with Gasteiger partial charge in [0.2, 0.25) is 0 Å². The Labute approximate surface area is 90.0 Å². The summed E-state index contributed by atoms with van der Waals surface area (Å²) < 4.78 is 4.54. The first kappa shape index (κ1) is 19.2. The van der Waals surface area contributed by atoms with E-state index in [1.165, 1.54) is 25.7 Å². The molecule has 0 N–H and O–H groups in total. The average molecular weight is 204 g/mol. The third-order valence-corrected chi connectivity index (χ3v) is 1.41. The Morgan fingerprint density at radius 1 is 1.00 bits per heavy atom. The maximum atomic E-state index is 9.17. The van der Waals surface area contributed by atoms with E-state index in [0.29, 0.717) is 6.42 Å². The number of unbranched alkanes of at least 4 members (excludes halogenated alkanes) is 3. The van der Waals surface area contributed by atoms with E-state index in [1.54, 1.807) is 7.11 Å². The van der Waals surface area contributed by atoms with Gasteiger partial charge >= 0.3 is 0 Å². The van der Waals surface area contributed by atoms with Crippen LogP contribution in [0, 0.1) is 0 Å². The molecule has 2 nitrogen and oxygen atoms in total. The zero-order valence-corrected chi connectivity index (χ0v) is 10.6. The number of hydrogen-bond acceptors (Lipinski definition) is 2. The normalized spacial score (nSPS) is 7.79. The van der Waals surface area contributed by atoms with Crippen LogP contribution in [0.5, 0.6) is 0 Å². The van der Waals surface area contributed by atoms with Crippen molar-refractivity contribution in [1.29, 1.82) is 0 Å². The fourth-order valence-electron chi connectivity index (χ4n) is 0.500. The molecule has 0 aromatic heterocycles. The zero-order valence-electron chi connectivity index (χ0n) is 10.6. The van der Waals surface area contributed by atoms with Crippen molar-refractivity contribution in [3.8, 4) is 0 Å². The van der Waals surface area contributed by atoms with Gasteiger partial charge in [0, 0.05) is 20.1 Å². The van der Waals surface area contributed by atoms with Crippen molar-refractivity contribution < 1.29 is 9.53 Å². The lowest BCUT2D eigenvalue weighted by Gasteiger charge is -1.86. The molecule has 0 radical (unpaired) electrons. The summed E-state index contributed by atoms with van der Waals surface area (Å²) in [5.41, 5.74) is 0. The number of ether oxygens (including phenoxy) is 1. The minimum atomic E-state index is 0.639. The smallest absolute Gasteiger partial charge is 0.119 e. The van der Waals surface area contributed by atoms with Gasteiger partial charge in [0.1, 0.15) is 6.29 Å². The van der Waals surface area contributed by atoms with Crippen LogP contribution in [-0.2, 0) is 9.53 Å². The summed E-state index contributed by atoms with van der Waals surface area (Å²) in [7, 11) is 1.68. The summed E-state index contributed by atoms with van der Waals surface area (Å²) in [6.07, 6.45) is 7.05. The SMILES string of the molecule is CCC=O.CCCCCC.CCOC. The van der Waals surface area contributed by atoms with Gasteiger partial charge < -0.3 is 9.53 Å². The fourth-order valence-corrected chi connectivity index (χ4v) is 0.500. The van der Waals surface area contributed by atoms with Crippen LogP contribution in [0.3, 0.4) is 0 Å². The maximum Gasteiger partial charge on any atom is 0.119 e. The minimum Gasteiger partial charge on any atom is -0.385 e. The lowest BCUT2D eigenvalue weighted by molar-refractivity contribution is -0.107. The molecule has 0 saturated carbocycles. The molecule has 0 atom stereocenters. The monoisotopic (exact) mass is 204 g/mol. The van der Waals surface area contributed by atoms with Crippen LogP contribution < -0.4 is 0 Å². The molecule has 0 rings (SSSR count). The van der Waals surface area contributed by atoms with Crippen LogP contribution in [0.2, 0.25) is 0 Å². The summed E-state index contributed by atoms with van der Waals surface area (Å²) in [5, 5.41) is 0. The third kappa shape index (κ3) is 61.3. The second-order valence-corrected chi connectivity index (χ2v) is 2.86. The molecule has 0 amide bonds. The molecule has 0 aromatic rings. The van der Waals surface area contributed by atoms with Crippen molar-refractivity contribution in [2.24, 2.45) is 0 Å². The van der Waals surface area contributed by atoms with Crippen molar-refractivity contribution in [1.82, 2.24) is 0 Å². The highest BCUT2D eigenvalue weighted by Gasteiger charge is 1.75. The minimum absolute atomic E-state index is 0.639. The predicted molar refractivity (Wildman–Crippen MR) is 63.7 cm³/mol. The standard InChI is InChI=1S/C6H14.C3H8O.C3H6O/c1-3-5-6-4-2;1-3-4-2;1-2-3-4/h3-6H2,1-2H3;3H2,1-2H3;3H,2H2,1H3. The number of rotatable bonds is 5. The molecule has 0 unspecified atom stereocenters. The number of hydrogen-bond donors (Lipinski definition) is 0. The second kappa shape index (κ2) is 29.3. The Morgan fingerprint density at radius 3 is 1.36 bits per heavy atom. The molecular weight excluding hydrogens is 176 g/mol. The Balaban J connectivity index is -0.000000135.